The zero-order chi connectivity index (χ0) is 16.2. The van der Waals surface area contributed by atoms with E-state index < -0.39 is 6.04 Å². The molecule has 5 heteroatoms. The Balaban J connectivity index is 1.74. The van der Waals surface area contributed by atoms with Gasteiger partial charge in [-0.3, -0.25) is 4.79 Å². The summed E-state index contributed by atoms with van der Waals surface area (Å²) in [6.07, 6.45) is 1.90. The van der Waals surface area contributed by atoms with Crippen molar-refractivity contribution < 1.29 is 9.90 Å². The van der Waals surface area contributed by atoms with E-state index in [0.717, 1.165) is 20.9 Å². The molecule has 0 radical (unpaired) electrons. The normalized spacial score (nSPS) is 12.3. The van der Waals surface area contributed by atoms with Gasteiger partial charge in [0.2, 0.25) is 5.91 Å². The lowest BCUT2D eigenvalue weighted by atomic mass is 10.1. The molecule has 1 atom stereocenters. The number of halogens is 1. The van der Waals surface area contributed by atoms with Crippen molar-refractivity contribution in [2.24, 2.45) is 0 Å². The quantitative estimate of drug-likeness (QED) is 0.722. The molecule has 1 amide bonds. The van der Waals surface area contributed by atoms with Crippen LogP contribution in [0.15, 0.2) is 65.3 Å². The zero-order valence-electron chi connectivity index (χ0n) is 12.4. The molecule has 1 heterocycles. The molecule has 23 heavy (non-hydrogen) atoms. The molecule has 2 aromatic carbocycles. The number of nitrogens with zero attached hydrogens (tertiary/aromatic N) is 1. The van der Waals surface area contributed by atoms with E-state index in [2.05, 4.69) is 21.2 Å². The minimum absolute atomic E-state index is 0.131. The highest BCUT2D eigenvalue weighted by molar-refractivity contribution is 9.10. The Morgan fingerprint density at radius 2 is 1.96 bits per heavy atom. The van der Waals surface area contributed by atoms with Crippen LogP contribution < -0.4 is 5.32 Å². The number of benzene rings is 2. The van der Waals surface area contributed by atoms with Gasteiger partial charge in [0.1, 0.15) is 6.54 Å². The molecule has 0 bridgehead atoms. The first-order valence-corrected chi connectivity index (χ1v) is 8.16. The number of aliphatic hydroxyl groups is 1. The van der Waals surface area contributed by atoms with Crippen molar-refractivity contribution in [2.45, 2.75) is 12.6 Å². The van der Waals surface area contributed by atoms with Gasteiger partial charge in [-0.1, -0.05) is 52.3 Å². The van der Waals surface area contributed by atoms with Crippen molar-refractivity contribution >= 4 is 32.7 Å². The molecule has 4 nitrogen and oxygen atoms in total. The molecular formula is C18H17BrN2O2. The molecule has 0 unspecified atom stereocenters. The van der Waals surface area contributed by atoms with Gasteiger partial charge in [-0.15, -0.1) is 0 Å². The Kier molecular flexibility index (Phi) is 4.79. The molecule has 0 aliphatic rings. The summed E-state index contributed by atoms with van der Waals surface area (Å²) < 4.78 is 2.87. The molecular weight excluding hydrogens is 356 g/mol. The van der Waals surface area contributed by atoms with Gasteiger partial charge in [-0.05, 0) is 29.1 Å². The van der Waals surface area contributed by atoms with Crippen molar-refractivity contribution in [2.75, 3.05) is 6.61 Å². The first-order chi connectivity index (χ1) is 11.2. The van der Waals surface area contributed by atoms with Crippen LogP contribution in [-0.4, -0.2) is 22.2 Å². The Morgan fingerprint density at radius 1 is 1.17 bits per heavy atom. The third-order valence-electron chi connectivity index (χ3n) is 3.77. The Bertz CT molecular complexity index is 814. The topological polar surface area (TPSA) is 54.3 Å². The van der Waals surface area contributed by atoms with Gasteiger partial charge >= 0.3 is 0 Å². The number of aliphatic hydroxyl groups excluding tert-OH is 1. The summed E-state index contributed by atoms with van der Waals surface area (Å²) in [6, 6.07) is 17.0. The van der Waals surface area contributed by atoms with E-state index in [1.54, 1.807) is 0 Å². The van der Waals surface area contributed by atoms with Crippen molar-refractivity contribution in [3.8, 4) is 0 Å². The van der Waals surface area contributed by atoms with Crippen molar-refractivity contribution in [1.82, 2.24) is 9.88 Å². The number of hydrogen-bond acceptors (Lipinski definition) is 2. The van der Waals surface area contributed by atoms with Gasteiger partial charge in [0.25, 0.3) is 0 Å². The maximum absolute atomic E-state index is 12.3. The number of carbonyl (C=O) groups is 1. The lowest BCUT2D eigenvalue weighted by molar-refractivity contribution is -0.122. The van der Waals surface area contributed by atoms with Crippen LogP contribution in [0.4, 0.5) is 0 Å². The van der Waals surface area contributed by atoms with Crippen molar-refractivity contribution in [3.63, 3.8) is 0 Å². The van der Waals surface area contributed by atoms with E-state index in [9.17, 15) is 9.90 Å². The first-order valence-electron chi connectivity index (χ1n) is 7.37. The molecule has 0 saturated heterocycles. The SMILES string of the molecule is O=C(Cn1ccc2ccc(Br)cc21)N[C@H](CO)c1ccccc1. The Hall–Kier alpha value is -2.11. The van der Waals surface area contributed by atoms with Crippen LogP contribution >= 0.6 is 15.9 Å². The average Bonchev–Trinajstić information content (AvgIpc) is 2.95. The predicted molar refractivity (Wildman–Crippen MR) is 94.0 cm³/mol. The van der Waals surface area contributed by atoms with Gasteiger partial charge in [0, 0.05) is 16.2 Å². The molecule has 0 fully saturated rings. The summed E-state index contributed by atoms with van der Waals surface area (Å²) >= 11 is 3.45. The van der Waals surface area contributed by atoms with E-state index in [0.29, 0.717) is 0 Å². The van der Waals surface area contributed by atoms with E-state index in [1.165, 1.54) is 0 Å². The molecule has 0 aliphatic heterocycles. The van der Waals surface area contributed by atoms with Crippen LogP contribution in [0.3, 0.4) is 0 Å². The summed E-state index contributed by atoms with van der Waals surface area (Å²) in [6.45, 7) is 0.0804. The van der Waals surface area contributed by atoms with E-state index in [1.807, 2.05) is 65.4 Å². The molecule has 0 saturated carbocycles. The monoisotopic (exact) mass is 372 g/mol. The highest BCUT2D eigenvalue weighted by Gasteiger charge is 2.14. The summed E-state index contributed by atoms with van der Waals surface area (Å²) in [4.78, 5) is 12.3. The molecule has 3 aromatic rings. The van der Waals surface area contributed by atoms with E-state index in [4.69, 9.17) is 0 Å². The lowest BCUT2D eigenvalue weighted by Crippen LogP contribution is -2.33. The highest BCUT2D eigenvalue weighted by Crippen LogP contribution is 2.21. The molecule has 3 rings (SSSR count). The zero-order valence-corrected chi connectivity index (χ0v) is 14.0. The summed E-state index contributed by atoms with van der Waals surface area (Å²) in [5.41, 5.74) is 1.89. The van der Waals surface area contributed by atoms with Crippen LogP contribution in [0, 0.1) is 0 Å². The second-order valence-corrected chi connectivity index (χ2v) is 6.28. The van der Waals surface area contributed by atoms with Crippen LogP contribution in [0.25, 0.3) is 10.9 Å². The number of hydrogen-bond donors (Lipinski definition) is 2. The summed E-state index contributed by atoms with van der Waals surface area (Å²) in [5, 5.41) is 13.5. The molecule has 2 N–H and O–H groups in total. The lowest BCUT2D eigenvalue weighted by Gasteiger charge is -2.17. The summed E-state index contributed by atoms with van der Waals surface area (Å²) in [7, 11) is 0. The van der Waals surface area contributed by atoms with E-state index >= 15 is 0 Å². The Labute approximate surface area is 142 Å². The molecule has 1 aromatic heterocycles. The van der Waals surface area contributed by atoms with Crippen molar-refractivity contribution in [1.29, 1.82) is 0 Å². The minimum atomic E-state index is -0.391. The fraction of sp³-hybridized carbons (Fsp3) is 0.167. The second kappa shape index (κ2) is 6.98. The first kappa shape index (κ1) is 15.8. The predicted octanol–water partition coefficient (Wildman–Crippen LogP) is 3.25. The second-order valence-electron chi connectivity index (χ2n) is 5.36. The van der Waals surface area contributed by atoms with Crippen molar-refractivity contribution in [3.05, 3.63) is 70.8 Å². The third-order valence-corrected chi connectivity index (χ3v) is 4.26. The maximum atomic E-state index is 12.3. The summed E-state index contributed by atoms with van der Waals surface area (Å²) in [5.74, 6) is -0.134. The fourth-order valence-electron chi connectivity index (χ4n) is 2.61. The smallest absolute Gasteiger partial charge is 0.240 e. The van der Waals surface area contributed by atoms with E-state index in [-0.39, 0.29) is 19.1 Å². The number of carbonyl (C=O) groups excluding carboxylic acids is 1. The third kappa shape index (κ3) is 3.63. The van der Waals surface area contributed by atoms with Gasteiger partial charge in [-0.2, -0.15) is 0 Å². The molecule has 118 valence electrons. The fourth-order valence-corrected chi connectivity index (χ4v) is 2.96. The van der Waals surface area contributed by atoms with Crippen LogP contribution in [-0.2, 0) is 11.3 Å². The van der Waals surface area contributed by atoms with Crippen LogP contribution in [0.1, 0.15) is 11.6 Å². The standard InChI is InChI=1S/C18H17BrN2O2/c19-15-7-6-14-8-9-21(17(14)10-15)11-18(23)20-16(12-22)13-4-2-1-3-5-13/h1-10,16,22H,11-12H2,(H,20,23)/t16-/m1/s1. The van der Waals surface area contributed by atoms with Crippen LogP contribution in [0.5, 0.6) is 0 Å². The average molecular weight is 373 g/mol. The molecule has 0 aliphatic carbocycles. The van der Waals surface area contributed by atoms with Crippen LogP contribution in [0.2, 0.25) is 0 Å². The van der Waals surface area contributed by atoms with Gasteiger partial charge < -0.3 is 15.0 Å². The van der Waals surface area contributed by atoms with Gasteiger partial charge in [0.05, 0.1) is 12.6 Å². The Morgan fingerprint density at radius 3 is 2.70 bits per heavy atom. The maximum Gasteiger partial charge on any atom is 0.240 e. The minimum Gasteiger partial charge on any atom is -0.394 e. The number of aromatic nitrogens is 1. The highest BCUT2D eigenvalue weighted by atomic mass is 79.9. The number of nitrogens with one attached hydrogen (secondary N) is 1. The number of rotatable bonds is 5. The van der Waals surface area contributed by atoms with Gasteiger partial charge in [-0.25, -0.2) is 0 Å². The molecule has 0 spiro atoms. The largest absolute Gasteiger partial charge is 0.394 e. The van der Waals surface area contributed by atoms with Gasteiger partial charge in [0.15, 0.2) is 0 Å². The number of fused-ring (bicyclic) bond motifs is 1. The number of amides is 1.